The summed E-state index contributed by atoms with van der Waals surface area (Å²) in [5.41, 5.74) is 3.83. The van der Waals surface area contributed by atoms with E-state index in [0.717, 1.165) is 0 Å². The van der Waals surface area contributed by atoms with E-state index in [9.17, 15) is 0 Å². The zero-order valence-electron chi connectivity index (χ0n) is 13.1. The summed E-state index contributed by atoms with van der Waals surface area (Å²) in [5, 5.41) is 2.82. The Hall–Kier alpha value is -2.32. The largest absolute Gasteiger partial charge is 0.406 e. The van der Waals surface area contributed by atoms with Crippen LogP contribution in [0.25, 0.3) is 0 Å². The quantitative estimate of drug-likeness (QED) is 0.730. The second kappa shape index (κ2) is 6.63. The Bertz CT molecular complexity index is 678. The second-order valence-electron chi connectivity index (χ2n) is 5.78. The highest BCUT2D eigenvalue weighted by atomic mass is 28.3. The lowest BCUT2D eigenvalue weighted by Crippen LogP contribution is -2.49. The minimum Gasteiger partial charge on any atom is -0.406 e. The van der Waals surface area contributed by atoms with Gasteiger partial charge in [-0.15, -0.1) is 0 Å². The van der Waals surface area contributed by atoms with Crippen LogP contribution in [0.4, 0.5) is 5.69 Å². The number of anilines is 1. The van der Waals surface area contributed by atoms with Gasteiger partial charge in [0.2, 0.25) is 8.96 Å². The van der Waals surface area contributed by atoms with Crippen LogP contribution in [0.3, 0.4) is 0 Å². The summed E-state index contributed by atoms with van der Waals surface area (Å²) in [6, 6.07) is 28.3. The molecule has 110 valence electrons. The Morgan fingerprint density at radius 3 is 1.55 bits per heavy atom. The first-order chi connectivity index (χ1) is 10.7. The van der Waals surface area contributed by atoms with E-state index in [4.69, 9.17) is 0 Å². The summed E-state index contributed by atoms with van der Waals surface area (Å²) >= 11 is 0. The fraction of sp³-hybridized carbons (Fsp3) is 0.100. The van der Waals surface area contributed by atoms with Crippen molar-refractivity contribution in [2.24, 2.45) is 0 Å². The molecule has 1 N–H and O–H groups in total. The van der Waals surface area contributed by atoms with E-state index >= 15 is 0 Å². The van der Waals surface area contributed by atoms with Crippen LogP contribution < -0.4 is 15.4 Å². The fourth-order valence-electron chi connectivity index (χ4n) is 2.87. The van der Waals surface area contributed by atoms with Crippen molar-refractivity contribution in [3.8, 4) is 0 Å². The first kappa shape index (κ1) is 14.6. The van der Waals surface area contributed by atoms with Crippen LogP contribution >= 0.6 is 0 Å². The van der Waals surface area contributed by atoms with Crippen molar-refractivity contribution in [3.05, 3.63) is 90.0 Å². The minimum absolute atomic E-state index is 1.22. The number of nitrogens with one attached hydrogen (secondary N) is 1. The van der Waals surface area contributed by atoms with Gasteiger partial charge in [-0.3, -0.25) is 0 Å². The maximum absolute atomic E-state index is 3.83. The average Bonchev–Trinajstić information content (AvgIpc) is 2.53. The zero-order valence-corrected chi connectivity index (χ0v) is 14.2. The van der Waals surface area contributed by atoms with E-state index in [0.29, 0.717) is 0 Å². The molecule has 0 aliphatic rings. The third-order valence-electron chi connectivity index (χ3n) is 3.80. The van der Waals surface area contributed by atoms with Crippen LogP contribution in [0.15, 0.2) is 78.9 Å². The molecule has 2 heteroatoms. The Balaban J connectivity index is 1.99. The predicted octanol–water partition coefficient (Wildman–Crippen LogP) is 3.25. The predicted molar refractivity (Wildman–Crippen MR) is 98.8 cm³/mol. The lowest BCUT2D eigenvalue weighted by Gasteiger charge is -2.20. The molecule has 0 aliphatic carbocycles. The van der Waals surface area contributed by atoms with E-state index in [1.165, 1.54) is 27.2 Å². The maximum Gasteiger partial charge on any atom is 0.201 e. The van der Waals surface area contributed by atoms with Gasteiger partial charge in [-0.2, -0.15) is 0 Å². The molecule has 3 aromatic rings. The van der Waals surface area contributed by atoms with Gasteiger partial charge in [0.1, 0.15) is 0 Å². The lowest BCUT2D eigenvalue weighted by molar-refractivity contribution is 1.38. The van der Waals surface area contributed by atoms with Crippen molar-refractivity contribution in [2.75, 3.05) is 4.98 Å². The standard InChI is InChI=1S/C20H21NSi/c1-16-13-17(2)15-18(14-16)21-22(19-9-5-3-6-10-19)20-11-7-4-8-12-20/h3-15,21-22H,1-2H3. The van der Waals surface area contributed by atoms with Gasteiger partial charge in [-0.1, -0.05) is 66.7 Å². The molecule has 0 unspecified atom stereocenters. The van der Waals surface area contributed by atoms with Crippen LogP contribution in [-0.2, 0) is 0 Å². The molecule has 1 nitrogen and oxygen atoms in total. The first-order valence-corrected chi connectivity index (χ1v) is 9.40. The van der Waals surface area contributed by atoms with Crippen molar-refractivity contribution in [3.63, 3.8) is 0 Å². The Morgan fingerprint density at radius 2 is 1.09 bits per heavy atom. The Labute approximate surface area is 134 Å². The molecule has 0 radical (unpaired) electrons. The van der Waals surface area contributed by atoms with E-state index in [1.54, 1.807) is 0 Å². The van der Waals surface area contributed by atoms with E-state index < -0.39 is 8.96 Å². The van der Waals surface area contributed by atoms with E-state index in [1.807, 2.05) is 0 Å². The van der Waals surface area contributed by atoms with Crippen LogP contribution in [0.1, 0.15) is 11.1 Å². The Morgan fingerprint density at radius 1 is 0.636 bits per heavy atom. The second-order valence-corrected chi connectivity index (χ2v) is 8.26. The number of aryl methyl sites for hydroxylation is 2. The summed E-state index contributed by atoms with van der Waals surface area (Å²) < 4.78 is 0. The highest BCUT2D eigenvalue weighted by Gasteiger charge is 2.16. The lowest BCUT2D eigenvalue weighted by atomic mass is 10.1. The van der Waals surface area contributed by atoms with E-state index in [2.05, 4.69) is 97.7 Å². The number of hydrogen-bond acceptors (Lipinski definition) is 1. The third kappa shape index (κ3) is 3.46. The highest BCUT2D eigenvalue weighted by Crippen LogP contribution is 2.14. The van der Waals surface area contributed by atoms with Crippen LogP contribution in [0.5, 0.6) is 0 Å². The van der Waals surface area contributed by atoms with Crippen molar-refractivity contribution < 1.29 is 0 Å². The summed E-state index contributed by atoms with van der Waals surface area (Å²) in [6.45, 7) is 4.31. The average molecular weight is 303 g/mol. The van der Waals surface area contributed by atoms with Gasteiger partial charge in [-0.05, 0) is 47.5 Å². The smallest absolute Gasteiger partial charge is 0.201 e. The summed E-state index contributed by atoms with van der Waals surface area (Å²) in [5.74, 6) is 0. The summed E-state index contributed by atoms with van der Waals surface area (Å²) in [7, 11) is -1.47. The molecule has 0 aliphatic heterocycles. The molecular formula is C20H21NSi. The van der Waals surface area contributed by atoms with Crippen LogP contribution in [0, 0.1) is 13.8 Å². The molecule has 0 bridgehead atoms. The van der Waals surface area contributed by atoms with Crippen molar-refractivity contribution in [2.45, 2.75) is 13.8 Å². The molecule has 0 atom stereocenters. The molecule has 0 heterocycles. The van der Waals surface area contributed by atoms with Gasteiger partial charge in [0.05, 0.1) is 0 Å². The Kier molecular flexibility index (Phi) is 4.40. The van der Waals surface area contributed by atoms with Crippen LogP contribution in [0.2, 0.25) is 0 Å². The zero-order chi connectivity index (χ0) is 15.4. The summed E-state index contributed by atoms with van der Waals surface area (Å²) in [4.78, 5) is 3.83. The molecule has 0 fully saturated rings. The van der Waals surface area contributed by atoms with Crippen LogP contribution in [-0.4, -0.2) is 8.96 Å². The topological polar surface area (TPSA) is 12.0 Å². The maximum atomic E-state index is 3.83. The fourth-order valence-corrected chi connectivity index (χ4v) is 5.31. The van der Waals surface area contributed by atoms with Gasteiger partial charge in [0.25, 0.3) is 0 Å². The molecule has 3 rings (SSSR count). The van der Waals surface area contributed by atoms with Crippen molar-refractivity contribution in [1.82, 2.24) is 0 Å². The normalized spacial score (nSPS) is 10.7. The molecule has 0 aromatic heterocycles. The summed E-state index contributed by atoms with van der Waals surface area (Å²) in [6.07, 6.45) is 0. The van der Waals surface area contributed by atoms with Gasteiger partial charge in [-0.25, -0.2) is 0 Å². The highest BCUT2D eigenvalue weighted by molar-refractivity contribution is 6.87. The first-order valence-electron chi connectivity index (χ1n) is 7.67. The molecule has 3 aromatic carbocycles. The minimum atomic E-state index is -1.47. The number of hydrogen-bond donors (Lipinski definition) is 1. The van der Waals surface area contributed by atoms with E-state index in [-0.39, 0.29) is 0 Å². The van der Waals surface area contributed by atoms with Crippen molar-refractivity contribution >= 4 is 25.0 Å². The van der Waals surface area contributed by atoms with Crippen molar-refractivity contribution in [1.29, 1.82) is 0 Å². The molecule has 0 amide bonds. The van der Waals surface area contributed by atoms with Gasteiger partial charge in [0, 0.05) is 5.69 Å². The number of benzene rings is 3. The monoisotopic (exact) mass is 303 g/mol. The molecule has 22 heavy (non-hydrogen) atoms. The van der Waals surface area contributed by atoms with Gasteiger partial charge >= 0.3 is 0 Å². The molecule has 0 saturated carbocycles. The molecular weight excluding hydrogens is 282 g/mol. The van der Waals surface area contributed by atoms with Gasteiger partial charge in [0.15, 0.2) is 0 Å². The SMILES string of the molecule is Cc1cc(C)cc(N[SiH](c2ccccc2)c2ccccc2)c1. The molecule has 0 saturated heterocycles. The van der Waals surface area contributed by atoms with Gasteiger partial charge < -0.3 is 4.98 Å². The third-order valence-corrected chi connectivity index (χ3v) is 6.52. The molecule has 0 spiro atoms. The number of rotatable bonds is 4.